The molecule has 29 heavy (non-hydrogen) atoms. The Morgan fingerprint density at radius 1 is 0.414 bits per heavy atom. The Morgan fingerprint density at radius 3 is 1.03 bits per heavy atom. The number of hydrogen-bond acceptors (Lipinski definition) is 0. The zero-order chi connectivity index (χ0) is 20.3. The lowest BCUT2D eigenvalue weighted by Gasteiger charge is -2.34. The molecule has 0 aliphatic carbocycles. The molecule has 0 radical (unpaired) electrons. The van der Waals surface area contributed by atoms with E-state index in [4.69, 9.17) is 0 Å². The van der Waals surface area contributed by atoms with E-state index >= 15 is 0 Å². The lowest BCUT2D eigenvalue weighted by molar-refractivity contribution is 0.590. The van der Waals surface area contributed by atoms with Gasteiger partial charge in [0.1, 0.15) is 0 Å². The third-order valence-electron chi connectivity index (χ3n) is 5.80. The van der Waals surface area contributed by atoms with Crippen molar-refractivity contribution < 1.29 is 0 Å². The summed E-state index contributed by atoms with van der Waals surface area (Å²) in [5, 5.41) is 5.68. The molecule has 0 saturated carbocycles. The standard InChI is InChI=1S/C28H28Si/c1-28(2,3)23-19-21-27(22-20-23)29(24-13-7-4-8-14-24,25-15-9-5-10-16-25)26-17-11-6-12-18-26/h4-22H,1-3H3. The molecule has 0 fully saturated rings. The lowest BCUT2D eigenvalue weighted by atomic mass is 9.87. The molecular weight excluding hydrogens is 364 g/mol. The minimum Gasteiger partial charge on any atom is -0.0623 e. The van der Waals surface area contributed by atoms with Gasteiger partial charge in [0.15, 0.2) is 8.07 Å². The van der Waals surface area contributed by atoms with Gasteiger partial charge < -0.3 is 0 Å². The second kappa shape index (κ2) is 7.85. The van der Waals surface area contributed by atoms with Gasteiger partial charge in [-0.15, -0.1) is 0 Å². The Kier molecular flexibility index (Phi) is 5.25. The van der Waals surface area contributed by atoms with Crippen molar-refractivity contribution in [1.82, 2.24) is 0 Å². The first-order chi connectivity index (χ1) is 14.0. The van der Waals surface area contributed by atoms with E-state index in [1.807, 2.05) is 0 Å². The Bertz CT molecular complexity index is 947. The summed E-state index contributed by atoms with van der Waals surface area (Å²) in [7, 11) is -2.38. The van der Waals surface area contributed by atoms with Gasteiger partial charge in [-0.05, 0) is 31.7 Å². The average molecular weight is 393 g/mol. The quantitative estimate of drug-likeness (QED) is 0.358. The van der Waals surface area contributed by atoms with E-state index in [9.17, 15) is 0 Å². The highest BCUT2D eigenvalue weighted by molar-refractivity contribution is 7.19. The van der Waals surface area contributed by atoms with Crippen LogP contribution >= 0.6 is 0 Å². The minimum absolute atomic E-state index is 0.148. The van der Waals surface area contributed by atoms with Gasteiger partial charge in [-0.25, -0.2) is 0 Å². The molecule has 0 saturated heterocycles. The summed E-state index contributed by atoms with van der Waals surface area (Å²) in [5.74, 6) is 0. The predicted octanol–water partition coefficient (Wildman–Crippen LogP) is 4.36. The molecule has 0 aliphatic rings. The molecule has 4 aromatic rings. The van der Waals surface area contributed by atoms with Crippen LogP contribution in [0.1, 0.15) is 26.3 Å². The van der Waals surface area contributed by atoms with Gasteiger partial charge in [-0.1, -0.05) is 136 Å². The summed E-state index contributed by atoms with van der Waals surface area (Å²) in [6, 6.07) is 42.6. The van der Waals surface area contributed by atoms with Crippen molar-refractivity contribution in [2.75, 3.05) is 0 Å². The summed E-state index contributed by atoms with van der Waals surface area (Å²) in [4.78, 5) is 0. The van der Waals surface area contributed by atoms with Crippen LogP contribution in [-0.2, 0) is 5.41 Å². The summed E-state index contributed by atoms with van der Waals surface area (Å²) in [5.41, 5.74) is 1.52. The average Bonchev–Trinajstić information content (AvgIpc) is 2.76. The van der Waals surface area contributed by atoms with E-state index in [0.29, 0.717) is 0 Å². The largest absolute Gasteiger partial charge is 0.179 e. The maximum absolute atomic E-state index is 2.38. The van der Waals surface area contributed by atoms with Gasteiger partial charge in [0.2, 0.25) is 0 Å². The third kappa shape index (κ3) is 3.59. The van der Waals surface area contributed by atoms with Gasteiger partial charge in [0.25, 0.3) is 0 Å². The number of benzene rings is 4. The molecular formula is C28H28Si. The van der Waals surface area contributed by atoms with Gasteiger partial charge in [-0.2, -0.15) is 0 Å². The zero-order valence-electron chi connectivity index (χ0n) is 17.5. The van der Waals surface area contributed by atoms with Crippen molar-refractivity contribution in [3.8, 4) is 0 Å². The Balaban J connectivity index is 2.06. The molecule has 0 atom stereocenters. The van der Waals surface area contributed by atoms with Crippen molar-refractivity contribution >= 4 is 28.8 Å². The zero-order valence-corrected chi connectivity index (χ0v) is 18.5. The van der Waals surface area contributed by atoms with Crippen molar-refractivity contribution in [2.24, 2.45) is 0 Å². The van der Waals surface area contributed by atoms with Crippen LogP contribution in [0.4, 0.5) is 0 Å². The highest BCUT2D eigenvalue weighted by Gasteiger charge is 2.41. The summed E-state index contributed by atoms with van der Waals surface area (Å²) < 4.78 is 0. The molecule has 0 aromatic heterocycles. The summed E-state index contributed by atoms with van der Waals surface area (Å²) in [6.07, 6.45) is 0. The molecule has 144 valence electrons. The SMILES string of the molecule is CC(C)(C)c1ccc([Si](c2ccccc2)(c2ccccc2)c2ccccc2)cc1. The predicted molar refractivity (Wildman–Crippen MR) is 129 cm³/mol. The van der Waals surface area contributed by atoms with Gasteiger partial charge in [0, 0.05) is 0 Å². The molecule has 0 bridgehead atoms. The maximum Gasteiger partial charge on any atom is 0.179 e. The molecule has 0 nitrogen and oxygen atoms in total. The van der Waals surface area contributed by atoms with Crippen molar-refractivity contribution in [2.45, 2.75) is 26.2 Å². The molecule has 0 amide bonds. The number of rotatable bonds is 4. The van der Waals surface area contributed by atoms with E-state index < -0.39 is 8.07 Å². The van der Waals surface area contributed by atoms with Crippen LogP contribution in [0.3, 0.4) is 0 Å². The van der Waals surface area contributed by atoms with Crippen LogP contribution in [0.25, 0.3) is 0 Å². The molecule has 4 aromatic carbocycles. The normalized spacial score (nSPS) is 12.0. The first kappa shape index (κ1) is 19.4. The fraction of sp³-hybridized carbons (Fsp3) is 0.143. The Labute approximate surface area is 175 Å². The lowest BCUT2D eigenvalue weighted by Crippen LogP contribution is -2.74. The monoisotopic (exact) mass is 392 g/mol. The van der Waals surface area contributed by atoms with E-state index in [0.717, 1.165) is 0 Å². The molecule has 0 unspecified atom stereocenters. The summed E-state index contributed by atoms with van der Waals surface area (Å²) in [6.45, 7) is 6.83. The van der Waals surface area contributed by atoms with E-state index in [-0.39, 0.29) is 5.41 Å². The minimum atomic E-state index is -2.38. The summed E-state index contributed by atoms with van der Waals surface area (Å²) >= 11 is 0. The van der Waals surface area contributed by atoms with Crippen LogP contribution in [0.2, 0.25) is 0 Å². The van der Waals surface area contributed by atoms with Gasteiger partial charge >= 0.3 is 0 Å². The van der Waals surface area contributed by atoms with Gasteiger partial charge in [-0.3, -0.25) is 0 Å². The molecule has 4 rings (SSSR count). The van der Waals surface area contributed by atoms with Crippen molar-refractivity contribution in [3.05, 3.63) is 121 Å². The van der Waals surface area contributed by atoms with E-state index in [1.54, 1.807) is 0 Å². The van der Waals surface area contributed by atoms with Gasteiger partial charge in [0.05, 0.1) is 0 Å². The van der Waals surface area contributed by atoms with Crippen LogP contribution in [0.5, 0.6) is 0 Å². The molecule has 0 heterocycles. The van der Waals surface area contributed by atoms with Crippen molar-refractivity contribution in [1.29, 1.82) is 0 Å². The van der Waals surface area contributed by atoms with Crippen LogP contribution in [-0.4, -0.2) is 8.07 Å². The third-order valence-corrected chi connectivity index (χ3v) is 10.6. The number of hydrogen-bond donors (Lipinski definition) is 0. The second-order valence-corrected chi connectivity index (χ2v) is 12.5. The second-order valence-electron chi connectivity index (χ2n) is 8.68. The maximum atomic E-state index is 2.37. The van der Waals surface area contributed by atoms with Crippen LogP contribution in [0, 0.1) is 0 Å². The Hall–Kier alpha value is -2.90. The van der Waals surface area contributed by atoms with Crippen LogP contribution < -0.4 is 20.7 Å². The topological polar surface area (TPSA) is 0 Å². The smallest absolute Gasteiger partial charge is 0.0623 e. The fourth-order valence-electron chi connectivity index (χ4n) is 4.28. The molecule has 0 spiro atoms. The van der Waals surface area contributed by atoms with Crippen LogP contribution in [0.15, 0.2) is 115 Å². The first-order valence-electron chi connectivity index (χ1n) is 10.3. The molecule has 1 heteroatoms. The highest BCUT2D eigenvalue weighted by Crippen LogP contribution is 2.21. The van der Waals surface area contributed by atoms with E-state index in [1.165, 1.54) is 26.3 Å². The Morgan fingerprint density at radius 2 is 0.724 bits per heavy atom. The van der Waals surface area contributed by atoms with E-state index in [2.05, 4.69) is 136 Å². The fourth-order valence-corrected chi connectivity index (χ4v) is 9.03. The molecule has 0 aliphatic heterocycles. The molecule has 0 N–H and O–H groups in total. The highest BCUT2D eigenvalue weighted by atomic mass is 28.3. The van der Waals surface area contributed by atoms with Crippen molar-refractivity contribution in [3.63, 3.8) is 0 Å². The first-order valence-corrected chi connectivity index (χ1v) is 12.3.